The van der Waals surface area contributed by atoms with Gasteiger partial charge in [0.05, 0.1) is 25.3 Å². The van der Waals surface area contributed by atoms with Gasteiger partial charge in [0.2, 0.25) is 0 Å². The van der Waals surface area contributed by atoms with Crippen molar-refractivity contribution in [3.8, 4) is 17.2 Å². The first-order valence-corrected chi connectivity index (χ1v) is 9.34. The normalized spacial score (nSPS) is 10.6. The fraction of sp³-hybridized carbons (Fsp3) is 0.120. The molecule has 0 aromatic heterocycles. The molecule has 5 nitrogen and oxygen atoms in total. The minimum Gasteiger partial charge on any atom is -0.497 e. The minimum atomic E-state index is -0.569. The molecule has 152 valence electrons. The van der Waals surface area contributed by atoms with E-state index in [1.54, 1.807) is 55.7 Å². The van der Waals surface area contributed by atoms with E-state index in [2.05, 4.69) is 0 Å². The van der Waals surface area contributed by atoms with Gasteiger partial charge in [-0.05, 0) is 55.5 Å². The van der Waals surface area contributed by atoms with Crippen molar-refractivity contribution in [1.82, 2.24) is 0 Å². The molecule has 0 atom stereocenters. The van der Waals surface area contributed by atoms with E-state index < -0.39 is 5.97 Å². The van der Waals surface area contributed by atoms with Gasteiger partial charge in [0.1, 0.15) is 17.2 Å². The summed E-state index contributed by atoms with van der Waals surface area (Å²) in [7, 11) is 3.10. The average Bonchev–Trinajstić information content (AvgIpc) is 2.78. The smallest absolute Gasteiger partial charge is 0.343 e. The van der Waals surface area contributed by atoms with Gasteiger partial charge < -0.3 is 14.2 Å². The van der Waals surface area contributed by atoms with Crippen molar-refractivity contribution in [2.45, 2.75) is 6.92 Å². The topological polar surface area (TPSA) is 61.8 Å². The summed E-state index contributed by atoms with van der Waals surface area (Å²) in [6, 6.07) is 19.1. The summed E-state index contributed by atoms with van der Waals surface area (Å²) in [6.07, 6.45) is 3.12. The van der Waals surface area contributed by atoms with Gasteiger partial charge in [0.15, 0.2) is 5.78 Å². The van der Waals surface area contributed by atoms with Crippen molar-refractivity contribution in [2.24, 2.45) is 0 Å². The molecule has 0 saturated carbocycles. The fourth-order valence-corrected chi connectivity index (χ4v) is 2.89. The maximum atomic E-state index is 12.9. The van der Waals surface area contributed by atoms with Crippen LogP contribution in [0.25, 0.3) is 6.08 Å². The molecule has 3 aromatic rings. The summed E-state index contributed by atoms with van der Waals surface area (Å²) in [5.41, 5.74) is 2.29. The number of hydrogen-bond acceptors (Lipinski definition) is 5. The monoisotopic (exact) mass is 402 g/mol. The number of para-hydroxylation sites is 1. The lowest BCUT2D eigenvalue weighted by Crippen LogP contribution is -2.11. The summed E-state index contributed by atoms with van der Waals surface area (Å²) in [6.45, 7) is 1.87. The number of carbonyl (C=O) groups is 2. The van der Waals surface area contributed by atoms with Gasteiger partial charge in [-0.3, -0.25) is 4.79 Å². The summed E-state index contributed by atoms with van der Waals surface area (Å²) in [5, 5.41) is 0. The molecule has 3 rings (SSSR count). The van der Waals surface area contributed by atoms with Gasteiger partial charge in [-0.1, -0.05) is 35.9 Å². The molecule has 0 radical (unpaired) electrons. The number of hydrogen-bond donors (Lipinski definition) is 0. The van der Waals surface area contributed by atoms with Crippen molar-refractivity contribution < 1.29 is 23.8 Å². The fourth-order valence-electron chi connectivity index (χ4n) is 2.89. The third-order valence-electron chi connectivity index (χ3n) is 4.46. The van der Waals surface area contributed by atoms with E-state index >= 15 is 0 Å². The van der Waals surface area contributed by atoms with Crippen LogP contribution in [0.4, 0.5) is 0 Å². The first kappa shape index (κ1) is 20.9. The van der Waals surface area contributed by atoms with E-state index in [0.29, 0.717) is 22.6 Å². The molecule has 0 fully saturated rings. The van der Waals surface area contributed by atoms with E-state index in [1.165, 1.54) is 13.2 Å². The Hall–Kier alpha value is -3.86. The number of allylic oxidation sites excluding steroid dienone is 1. The minimum absolute atomic E-state index is 0.197. The molecule has 0 saturated heterocycles. The number of esters is 1. The highest BCUT2D eigenvalue weighted by molar-refractivity contribution is 6.09. The van der Waals surface area contributed by atoms with Crippen LogP contribution in [-0.2, 0) is 0 Å². The summed E-state index contributed by atoms with van der Waals surface area (Å²) < 4.78 is 16.0. The molecule has 0 aliphatic heterocycles. The zero-order valence-electron chi connectivity index (χ0n) is 17.0. The Morgan fingerprint density at radius 2 is 1.63 bits per heavy atom. The van der Waals surface area contributed by atoms with Crippen molar-refractivity contribution in [2.75, 3.05) is 14.2 Å². The van der Waals surface area contributed by atoms with Crippen LogP contribution < -0.4 is 14.2 Å². The van der Waals surface area contributed by atoms with Crippen LogP contribution in [-0.4, -0.2) is 26.0 Å². The first-order valence-electron chi connectivity index (χ1n) is 9.34. The van der Waals surface area contributed by atoms with Gasteiger partial charge in [0.25, 0.3) is 0 Å². The van der Waals surface area contributed by atoms with Gasteiger partial charge >= 0.3 is 5.97 Å². The quantitative estimate of drug-likeness (QED) is 0.237. The molecule has 0 amide bonds. The first-order chi connectivity index (χ1) is 14.5. The second kappa shape index (κ2) is 9.56. The summed E-state index contributed by atoms with van der Waals surface area (Å²) >= 11 is 0. The maximum absolute atomic E-state index is 12.9. The number of rotatable bonds is 7. The van der Waals surface area contributed by atoms with Crippen molar-refractivity contribution >= 4 is 17.8 Å². The van der Waals surface area contributed by atoms with E-state index in [0.717, 1.165) is 11.1 Å². The summed E-state index contributed by atoms with van der Waals surface area (Å²) in [5.74, 6) is 0.557. The molecule has 3 aromatic carbocycles. The van der Waals surface area contributed by atoms with Crippen LogP contribution in [0.2, 0.25) is 0 Å². The lowest BCUT2D eigenvalue weighted by Gasteiger charge is -2.10. The van der Waals surface area contributed by atoms with Crippen LogP contribution in [0.5, 0.6) is 17.2 Å². The molecule has 5 heteroatoms. The van der Waals surface area contributed by atoms with Crippen LogP contribution in [0.15, 0.2) is 72.8 Å². The Morgan fingerprint density at radius 1 is 0.833 bits per heavy atom. The predicted octanol–water partition coefficient (Wildman–Crippen LogP) is 5.13. The zero-order valence-corrected chi connectivity index (χ0v) is 17.0. The van der Waals surface area contributed by atoms with Crippen LogP contribution in [0.3, 0.4) is 0 Å². The van der Waals surface area contributed by atoms with Gasteiger partial charge in [0, 0.05) is 5.56 Å². The Balaban J connectivity index is 1.86. The Kier molecular flexibility index (Phi) is 6.65. The molecule has 0 aliphatic rings. The third kappa shape index (κ3) is 4.94. The highest BCUT2D eigenvalue weighted by atomic mass is 16.5. The molecule has 0 unspecified atom stereocenters. The lowest BCUT2D eigenvalue weighted by atomic mass is 10.0. The Morgan fingerprint density at radius 3 is 2.40 bits per heavy atom. The van der Waals surface area contributed by atoms with Crippen molar-refractivity contribution in [3.05, 3.63) is 95.1 Å². The van der Waals surface area contributed by atoms with Crippen LogP contribution in [0.1, 0.15) is 31.8 Å². The van der Waals surface area contributed by atoms with E-state index in [1.807, 2.05) is 31.2 Å². The van der Waals surface area contributed by atoms with Crippen molar-refractivity contribution in [1.29, 1.82) is 0 Å². The van der Waals surface area contributed by atoms with E-state index in [-0.39, 0.29) is 11.5 Å². The SMILES string of the molecule is COc1cccc(C(=O)Oc2ccc(C)cc2C(=O)C=Cc2ccccc2OC)c1. The Bertz CT molecular complexity index is 1100. The maximum Gasteiger partial charge on any atom is 0.343 e. The molecular weight excluding hydrogens is 380 g/mol. The highest BCUT2D eigenvalue weighted by Gasteiger charge is 2.16. The van der Waals surface area contributed by atoms with Gasteiger partial charge in [-0.2, -0.15) is 0 Å². The molecule has 0 aliphatic carbocycles. The van der Waals surface area contributed by atoms with Gasteiger partial charge in [-0.25, -0.2) is 4.79 Å². The molecule has 0 heterocycles. The molecular formula is C25H22O5. The lowest BCUT2D eigenvalue weighted by molar-refractivity contribution is 0.0732. The number of carbonyl (C=O) groups excluding carboxylic acids is 2. The van der Waals surface area contributed by atoms with E-state index in [4.69, 9.17) is 14.2 Å². The zero-order chi connectivity index (χ0) is 21.5. The predicted molar refractivity (Wildman–Crippen MR) is 115 cm³/mol. The number of methoxy groups -OCH3 is 2. The standard InChI is InChI=1S/C25H22O5/c1-17-11-14-24(30-25(27)19-8-6-9-20(16-19)28-2)21(15-17)22(26)13-12-18-7-4-5-10-23(18)29-3/h4-16H,1-3H3. The second-order valence-corrected chi connectivity index (χ2v) is 6.56. The Labute approximate surface area is 175 Å². The molecule has 0 bridgehead atoms. The molecule has 0 N–H and O–H groups in total. The van der Waals surface area contributed by atoms with Crippen LogP contribution in [0, 0.1) is 6.92 Å². The van der Waals surface area contributed by atoms with Gasteiger partial charge in [-0.15, -0.1) is 0 Å². The largest absolute Gasteiger partial charge is 0.497 e. The molecule has 0 spiro atoms. The third-order valence-corrected chi connectivity index (χ3v) is 4.46. The highest BCUT2D eigenvalue weighted by Crippen LogP contribution is 2.24. The number of ether oxygens (including phenoxy) is 3. The summed E-state index contributed by atoms with van der Waals surface area (Å²) in [4.78, 5) is 25.5. The number of ketones is 1. The van der Waals surface area contributed by atoms with E-state index in [9.17, 15) is 9.59 Å². The average molecular weight is 402 g/mol. The second-order valence-electron chi connectivity index (χ2n) is 6.56. The van der Waals surface area contributed by atoms with Crippen molar-refractivity contribution in [3.63, 3.8) is 0 Å². The van der Waals surface area contributed by atoms with Crippen LogP contribution >= 0.6 is 0 Å². The number of benzene rings is 3. The number of aryl methyl sites for hydroxylation is 1. The molecule has 30 heavy (non-hydrogen) atoms.